The maximum absolute atomic E-state index is 10.9. The van der Waals surface area contributed by atoms with E-state index in [2.05, 4.69) is 116 Å². The highest BCUT2D eigenvalue weighted by molar-refractivity contribution is 5.85. The molecule has 4 rings (SSSR count). The Morgan fingerprint density at radius 1 is 0.692 bits per heavy atom. The zero-order valence-corrected chi connectivity index (χ0v) is 25.4. The number of allylic oxidation sites excluding steroid dienone is 1. The number of hydrogen-bond donors (Lipinski definition) is 1. The Hall–Kier alpha value is -3.39. The van der Waals surface area contributed by atoms with E-state index in [9.17, 15) is 4.79 Å². The first-order chi connectivity index (χ1) is 18.4. The third-order valence-electron chi connectivity index (χ3n) is 8.02. The van der Waals surface area contributed by atoms with Crippen LogP contribution >= 0.6 is 0 Å². The monoisotopic (exact) mass is 522 g/mol. The Morgan fingerprint density at radius 2 is 1.15 bits per heavy atom. The summed E-state index contributed by atoms with van der Waals surface area (Å²) < 4.78 is 0. The third kappa shape index (κ3) is 7.38. The molecule has 39 heavy (non-hydrogen) atoms. The highest BCUT2D eigenvalue weighted by atomic mass is 16.4. The largest absolute Gasteiger partial charge is 0.478 e. The molecule has 0 amide bonds. The highest BCUT2D eigenvalue weighted by Gasteiger charge is 2.16. The predicted octanol–water partition coefficient (Wildman–Crippen LogP) is 10.7. The van der Waals surface area contributed by atoms with Crippen LogP contribution < -0.4 is 0 Å². The second kappa shape index (κ2) is 13.1. The van der Waals surface area contributed by atoms with Crippen LogP contribution in [0, 0.1) is 20.8 Å². The molecule has 4 aliphatic carbocycles. The van der Waals surface area contributed by atoms with Gasteiger partial charge in [-0.15, -0.1) is 0 Å². The first kappa shape index (κ1) is 30.2. The summed E-state index contributed by atoms with van der Waals surface area (Å²) >= 11 is 0. The van der Waals surface area contributed by atoms with Gasteiger partial charge < -0.3 is 5.11 Å². The van der Waals surface area contributed by atoms with Crippen molar-refractivity contribution >= 4 is 5.97 Å². The lowest BCUT2D eigenvalue weighted by Gasteiger charge is -2.13. The molecule has 4 aliphatic rings. The van der Waals surface area contributed by atoms with Gasteiger partial charge in [-0.1, -0.05) is 101 Å². The van der Waals surface area contributed by atoms with Crippen LogP contribution in [-0.2, 0) is 4.79 Å². The Kier molecular flexibility index (Phi) is 10.1. The summed E-state index contributed by atoms with van der Waals surface area (Å²) in [6.07, 6.45) is 3.57. The van der Waals surface area contributed by atoms with Crippen molar-refractivity contribution < 1.29 is 9.90 Å². The van der Waals surface area contributed by atoms with Crippen molar-refractivity contribution in [1.29, 1.82) is 0 Å². The van der Waals surface area contributed by atoms with Gasteiger partial charge in [-0.05, 0) is 114 Å². The molecule has 0 aromatic heterocycles. The van der Waals surface area contributed by atoms with Crippen LogP contribution in [0.25, 0.3) is 22.3 Å². The first-order valence-corrected chi connectivity index (χ1v) is 14.3. The van der Waals surface area contributed by atoms with Crippen LogP contribution in [0.15, 0.2) is 72.3 Å². The van der Waals surface area contributed by atoms with Crippen molar-refractivity contribution in [1.82, 2.24) is 0 Å². The minimum atomic E-state index is -0.829. The lowest BCUT2D eigenvalue weighted by atomic mass is 9.91. The van der Waals surface area contributed by atoms with E-state index >= 15 is 0 Å². The van der Waals surface area contributed by atoms with Crippen LogP contribution in [0.2, 0.25) is 0 Å². The molecular formula is C37H46O2. The van der Waals surface area contributed by atoms with Gasteiger partial charge in [-0.25, -0.2) is 4.79 Å². The van der Waals surface area contributed by atoms with Crippen LogP contribution in [0.1, 0.15) is 106 Å². The summed E-state index contributed by atoms with van der Waals surface area (Å²) in [4.78, 5) is 10.9. The van der Waals surface area contributed by atoms with Gasteiger partial charge in [0.15, 0.2) is 0 Å². The molecule has 0 heterocycles. The summed E-state index contributed by atoms with van der Waals surface area (Å²) in [6, 6.07) is 22.5. The molecule has 0 bridgehead atoms. The summed E-state index contributed by atoms with van der Waals surface area (Å²) in [5, 5.41) is 8.96. The average molecular weight is 523 g/mol. The van der Waals surface area contributed by atoms with Gasteiger partial charge in [-0.2, -0.15) is 0 Å². The fraction of sp³-hybridized carbons (Fsp3) is 0.378. The number of aryl methyl sites for hydroxylation is 3. The van der Waals surface area contributed by atoms with Crippen LogP contribution in [0.3, 0.4) is 0 Å². The maximum atomic E-state index is 10.9. The molecule has 1 atom stereocenters. The maximum Gasteiger partial charge on any atom is 0.330 e. The first-order valence-electron chi connectivity index (χ1n) is 14.3. The fourth-order valence-electron chi connectivity index (χ4n) is 5.14. The average Bonchev–Trinajstić information content (AvgIpc) is 3.27. The van der Waals surface area contributed by atoms with Crippen molar-refractivity contribution in [3.05, 3.63) is 106 Å². The number of fused-ring (bicyclic) bond motifs is 2. The van der Waals surface area contributed by atoms with Gasteiger partial charge in [-0.3, -0.25) is 0 Å². The summed E-state index contributed by atoms with van der Waals surface area (Å²) in [7, 11) is 0. The number of aliphatic carboxylic acids is 1. The fourth-order valence-corrected chi connectivity index (χ4v) is 5.14. The molecular weight excluding hydrogens is 476 g/mol. The van der Waals surface area contributed by atoms with Crippen molar-refractivity contribution in [2.75, 3.05) is 0 Å². The van der Waals surface area contributed by atoms with E-state index in [-0.39, 0.29) is 0 Å². The van der Waals surface area contributed by atoms with Crippen molar-refractivity contribution in [3.8, 4) is 22.3 Å². The lowest BCUT2D eigenvalue weighted by Crippen LogP contribution is -1.97. The number of hydrogen-bond acceptors (Lipinski definition) is 1. The van der Waals surface area contributed by atoms with E-state index in [0.717, 1.165) is 12.8 Å². The molecule has 0 aromatic rings. The van der Waals surface area contributed by atoms with Crippen LogP contribution in [0.5, 0.6) is 0 Å². The van der Waals surface area contributed by atoms with Gasteiger partial charge >= 0.3 is 5.97 Å². The van der Waals surface area contributed by atoms with Crippen molar-refractivity contribution in [3.63, 3.8) is 0 Å². The normalized spacial score (nSPS) is 12.6. The van der Waals surface area contributed by atoms with E-state index in [1.807, 2.05) is 6.08 Å². The minimum absolute atomic E-state index is 0.388. The smallest absolute Gasteiger partial charge is 0.330 e. The lowest BCUT2D eigenvalue weighted by molar-refractivity contribution is -0.132. The Bertz CT molecular complexity index is 1390. The Labute approximate surface area is 236 Å². The van der Waals surface area contributed by atoms with E-state index < -0.39 is 5.97 Å². The molecule has 0 aromatic carbocycles. The zero-order chi connectivity index (χ0) is 28.9. The second-order valence-corrected chi connectivity index (χ2v) is 11.8. The topological polar surface area (TPSA) is 37.3 Å². The number of rotatable bonds is 7. The molecule has 0 fully saturated rings. The second-order valence-electron chi connectivity index (χ2n) is 11.8. The van der Waals surface area contributed by atoms with E-state index in [0.29, 0.717) is 23.3 Å². The summed E-state index contributed by atoms with van der Waals surface area (Å²) in [6.45, 7) is 19.4. The summed E-state index contributed by atoms with van der Waals surface area (Å²) in [5.41, 5.74) is 14.1. The molecule has 1 unspecified atom stereocenters. The van der Waals surface area contributed by atoms with Gasteiger partial charge in [0.25, 0.3) is 0 Å². The van der Waals surface area contributed by atoms with Crippen LogP contribution in [0.4, 0.5) is 0 Å². The van der Waals surface area contributed by atoms with Gasteiger partial charge in [0.1, 0.15) is 0 Å². The van der Waals surface area contributed by atoms with Gasteiger partial charge in [0, 0.05) is 5.57 Å². The zero-order valence-electron chi connectivity index (χ0n) is 25.4. The molecule has 2 nitrogen and oxygen atoms in total. The molecule has 0 radical (unpaired) electrons. The van der Waals surface area contributed by atoms with Gasteiger partial charge in [0.2, 0.25) is 0 Å². The standard InChI is InChI=1S/C22H28O2.C15H18/c1-14(2)18-10-12-19(20-11-9-16(4)21(20)13-18)15(3)7-6-8-17(5)22(23)24;1-10(2)13-7-5-11(3)14-8-6-12(4)15(14)9-13/h8-15H,6-7H2,1-5H3,(H,23,24);5-10H,1-4H3. The Morgan fingerprint density at radius 3 is 1.69 bits per heavy atom. The highest BCUT2D eigenvalue weighted by Crippen LogP contribution is 2.37. The molecule has 1 N–H and O–H groups in total. The predicted molar refractivity (Wildman–Crippen MR) is 168 cm³/mol. The Balaban J connectivity index is 0.000000239. The number of carbonyl (C=O) groups is 1. The van der Waals surface area contributed by atoms with E-state index in [1.54, 1.807) is 6.92 Å². The SMILES string of the molecule is CC(=CCCC(C)c1ccc(C(C)C)cc2c(C)ccc1-2)C(=O)O.Cc1ccc(C(C)C)cc2c(C)ccc1-2. The molecule has 2 heteroatoms. The molecule has 0 saturated carbocycles. The quantitative estimate of drug-likeness (QED) is 0.245. The number of carboxylic acid groups (broad SMARTS) is 1. The third-order valence-corrected chi connectivity index (χ3v) is 8.02. The molecule has 206 valence electrons. The van der Waals surface area contributed by atoms with E-state index in [4.69, 9.17) is 5.11 Å². The van der Waals surface area contributed by atoms with Crippen LogP contribution in [-0.4, -0.2) is 11.1 Å². The van der Waals surface area contributed by atoms with Gasteiger partial charge in [0.05, 0.1) is 0 Å². The van der Waals surface area contributed by atoms with E-state index in [1.165, 1.54) is 55.6 Å². The summed E-state index contributed by atoms with van der Waals surface area (Å²) in [5.74, 6) is 0.650. The molecule has 0 aliphatic heterocycles. The number of carboxylic acids is 1. The van der Waals surface area contributed by atoms with Crippen molar-refractivity contribution in [2.45, 2.75) is 92.9 Å². The molecule has 0 saturated heterocycles. The van der Waals surface area contributed by atoms with Crippen molar-refractivity contribution in [2.24, 2.45) is 0 Å². The minimum Gasteiger partial charge on any atom is -0.478 e. The molecule has 0 spiro atoms.